The van der Waals surface area contributed by atoms with Gasteiger partial charge in [-0.15, -0.1) is 0 Å². The summed E-state index contributed by atoms with van der Waals surface area (Å²) in [6, 6.07) is 4.45. The van der Waals surface area contributed by atoms with Crippen LogP contribution in [0, 0.1) is 5.92 Å². The molecule has 4 atom stereocenters. The number of benzene rings is 1. The molecule has 2 bridgehead atoms. The fourth-order valence-electron chi connectivity index (χ4n) is 6.30. The number of phenolic OH excluding ortho intramolecular Hbond substituents is 1. The van der Waals surface area contributed by atoms with Crippen LogP contribution in [0.4, 0.5) is 0 Å². The van der Waals surface area contributed by atoms with Crippen molar-refractivity contribution in [1.82, 2.24) is 0 Å². The van der Waals surface area contributed by atoms with E-state index >= 15 is 0 Å². The lowest BCUT2D eigenvalue weighted by Crippen LogP contribution is -3.00. The quantitative estimate of drug-likeness (QED) is 0.687. The lowest BCUT2D eigenvalue weighted by Gasteiger charge is -2.57. The van der Waals surface area contributed by atoms with Gasteiger partial charge in [-0.1, -0.05) is 12.1 Å². The molecule has 1 N–H and O–H groups in total. The summed E-state index contributed by atoms with van der Waals surface area (Å²) in [5.41, 5.74) is 3.97. The van der Waals surface area contributed by atoms with Crippen LogP contribution in [0.2, 0.25) is 0 Å². The van der Waals surface area contributed by atoms with Gasteiger partial charge in [-0.25, -0.2) is 0 Å². The van der Waals surface area contributed by atoms with Crippen molar-refractivity contribution in [2.75, 3.05) is 27.2 Å². The van der Waals surface area contributed by atoms with Crippen LogP contribution in [-0.2, 0) is 16.6 Å². The molecule has 2 fully saturated rings. The van der Waals surface area contributed by atoms with Crippen LogP contribution in [0.15, 0.2) is 35.6 Å². The highest BCUT2D eigenvalue weighted by atomic mass is 79.9. The average molecular weight is 432 g/mol. The third-order valence-electron chi connectivity index (χ3n) is 7.70. The molecule has 5 heteroatoms. The van der Waals surface area contributed by atoms with Gasteiger partial charge in [0.15, 0.2) is 17.6 Å². The first kappa shape index (κ1) is 17.6. The molecule has 3 aliphatic carbocycles. The van der Waals surface area contributed by atoms with Crippen molar-refractivity contribution < 1.29 is 36.0 Å². The van der Waals surface area contributed by atoms with Crippen molar-refractivity contribution in [3.63, 3.8) is 0 Å². The second-order valence-electron chi connectivity index (χ2n) is 9.11. The number of likely N-dealkylation sites (N-methyl/N-ethyl adjacent to an activating group) is 1. The van der Waals surface area contributed by atoms with Gasteiger partial charge < -0.3 is 36.0 Å². The lowest BCUT2D eigenvalue weighted by atomic mass is 9.56. The first-order chi connectivity index (χ1) is 12.6. The number of piperidine rings is 1. The molecule has 4 unspecified atom stereocenters. The fourth-order valence-corrected chi connectivity index (χ4v) is 6.30. The summed E-state index contributed by atoms with van der Waals surface area (Å²) in [7, 11) is 4.19. The Labute approximate surface area is 170 Å². The Balaban J connectivity index is 0.00000160. The molecular formula is C22H26BrNO3. The molecule has 0 aromatic heterocycles. The van der Waals surface area contributed by atoms with Gasteiger partial charge in [0, 0.05) is 29.9 Å². The van der Waals surface area contributed by atoms with Crippen LogP contribution < -0.4 is 21.7 Å². The van der Waals surface area contributed by atoms with Crippen LogP contribution in [-0.4, -0.2) is 49.0 Å². The number of likely N-dealkylation sites (tertiary alicyclic amines) is 1. The Morgan fingerprint density at radius 2 is 2.11 bits per heavy atom. The zero-order chi connectivity index (χ0) is 17.7. The third kappa shape index (κ3) is 2.07. The number of hydrogen-bond donors (Lipinski definition) is 1. The van der Waals surface area contributed by atoms with E-state index in [1.807, 2.05) is 6.07 Å². The van der Waals surface area contributed by atoms with Gasteiger partial charge in [0.25, 0.3) is 0 Å². The van der Waals surface area contributed by atoms with Gasteiger partial charge in [-0.3, -0.25) is 0 Å². The van der Waals surface area contributed by atoms with Crippen molar-refractivity contribution >= 4 is 0 Å². The van der Waals surface area contributed by atoms with Crippen LogP contribution in [0.1, 0.15) is 30.4 Å². The molecule has 5 aliphatic rings. The molecule has 1 saturated carbocycles. The van der Waals surface area contributed by atoms with E-state index in [0.29, 0.717) is 11.8 Å². The standard InChI is InChI=1S/C22H25NO3.BrH/c1-23(12-13-3-4-13)10-9-22-15-6-8-18(25-2)21(22)26-20-17(24)7-5-14(19(20)22)11-16(15)23;/h5-8,13,16,21H,3-4,9-12H2,1-2H3;1H. The molecule has 1 saturated heterocycles. The summed E-state index contributed by atoms with van der Waals surface area (Å²) in [6.07, 6.45) is 9.20. The number of aromatic hydroxyl groups is 1. The summed E-state index contributed by atoms with van der Waals surface area (Å²) >= 11 is 0. The zero-order valence-electron chi connectivity index (χ0n) is 15.9. The molecule has 2 aliphatic heterocycles. The zero-order valence-corrected chi connectivity index (χ0v) is 17.5. The second kappa shape index (κ2) is 5.54. The molecule has 2 heterocycles. The fraction of sp³-hybridized carbons (Fsp3) is 0.545. The predicted octanol–water partition coefficient (Wildman–Crippen LogP) is 0.0503. The number of nitrogens with zero attached hydrogens (tertiary/aromatic N) is 1. The summed E-state index contributed by atoms with van der Waals surface area (Å²) in [4.78, 5) is 0. The van der Waals surface area contributed by atoms with Crippen molar-refractivity contribution in [2.45, 2.75) is 43.2 Å². The van der Waals surface area contributed by atoms with Gasteiger partial charge in [0.2, 0.25) is 0 Å². The van der Waals surface area contributed by atoms with Crippen molar-refractivity contribution in [3.05, 3.63) is 46.7 Å². The number of halogens is 1. The number of phenols is 1. The van der Waals surface area contributed by atoms with E-state index in [2.05, 4.69) is 25.3 Å². The molecule has 6 rings (SSSR count). The highest BCUT2D eigenvalue weighted by Gasteiger charge is 2.66. The van der Waals surface area contributed by atoms with Gasteiger partial charge in [-0.05, 0) is 30.5 Å². The summed E-state index contributed by atoms with van der Waals surface area (Å²) < 4.78 is 13.2. The highest BCUT2D eigenvalue weighted by Crippen LogP contribution is 2.63. The smallest absolute Gasteiger partial charge is 0.169 e. The average Bonchev–Trinajstić information content (AvgIpc) is 3.37. The maximum absolute atomic E-state index is 10.5. The van der Waals surface area contributed by atoms with Crippen molar-refractivity contribution in [1.29, 1.82) is 0 Å². The number of hydrogen-bond acceptors (Lipinski definition) is 3. The summed E-state index contributed by atoms with van der Waals surface area (Å²) in [5.74, 6) is 2.76. The molecule has 27 heavy (non-hydrogen) atoms. The lowest BCUT2D eigenvalue weighted by molar-refractivity contribution is -0.935. The van der Waals surface area contributed by atoms with E-state index in [4.69, 9.17) is 9.47 Å². The van der Waals surface area contributed by atoms with Crippen LogP contribution in [0.3, 0.4) is 0 Å². The van der Waals surface area contributed by atoms with E-state index in [1.165, 1.54) is 42.6 Å². The molecule has 0 amide bonds. The first-order valence-electron chi connectivity index (χ1n) is 9.89. The Morgan fingerprint density at radius 1 is 1.30 bits per heavy atom. The molecule has 144 valence electrons. The Hall–Kier alpha value is -1.46. The predicted molar refractivity (Wildman–Crippen MR) is 98.1 cm³/mol. The SMILES string of the molecule is COC1=CC=C2C3Cc4ccc(O)c5c4C2(CC[N+]3(C)CC2CC2)C1O5.[Br-]. The molecule has 1 aromatic carbocycles. The number of rotatable bonds is 3. The Bertz CT molecular complexity index is 890. The number of quaternary nitrogens is 1. The van der Waals surface area contributed by atoms with Crippen LogP contribution >= 0.6 is 0 Å². The number of allylic oxidation sites excluding steroid dienone is 2. The topological polar surface area (TPSA) is 38.7 Å². The van der Waals surface area contributed by atoms with Crippen molar-refractivity contribution in [3.8, 4) is 11.5 Å². The Kier molecular flexibility index (Phi) is 3.62. The maximum Gasteiger partial charge on any atom is 0.169 e. The largest absolute Gasteiger partial charge is 1.00 e. The monoisotopic (exact) mass is 431 g/mol. The summed E-state index contributed by atoms with van der Waals surface area (Å²) in [6.45, 7) is 2.47. The second-order valence-corrected chi connectivity index (χ2v) is 9.11. The van der Waals surface area contributed by atoms with Gasteiger partial charge in [-0.2, -0.15) is 0 Å². The van der Waals surface area contributed by atoms with E-state index in [9.17, 15) is 5.11 Å². The molecule has 4 nitrogen and oxygen atoms in total. The highest BCUT2D eigenvalue weighted by molar-refractivity contribution is 5.66. The van der Waals surface area contributed by atoms with Gasteiger partial charge in [0.05, 0.1) is 32.7 Å². The minimum absolute atomic E-state index is 0. The molecule has 0 radical (unpaired) electrons. The van der Waals surface area contributed by atoms with E-state index in [-0.39, 0.29) is 34.2 Å². The number of ether oxygens (including phenoxy) is 2. The minimum Gasteiger partial charge on any atom is -1.00 e. The van der Waals surface area contributed by atoms with Crippen LogP contribution in [0.5, 0.6) is 11.5 Å². The maximum atomic E-state index is 10.5. The molecule has 1 spiro atoms. The van der Waals surface area contributed by atoms with Crippen LogP contribution in [0.25, 0.3) is 0 Å². The van der Waals surface area contributed by atoms with Gasteiger partial charge in [0.1, 0.15) is 11.8 Å². The number of methoxy groups -OCH3 is 1. The third-order valence-corrected chi connectivity index (χ3v) is 7.70. The molecular weight excluding hydrogens is 406 g/mol. The van der Waals surface area contributed by atoms with E-state index < -0.39 is 0 Å². The Morgan fingerprint density at radius 3 is 2.85 bits per heavy atom. The summed E-state index contributed by atoms with van der Waals surface area (Å²) in [5, 5.41) is 10.5. The van der Waals surface area contributed by atoms with Gasteiger partial charge >= 0.3 is 0 Å². The van der Waals surface area contributed by atoms with E-state index in [1.54, 1.807) is 7.11 Å². The van der Waals surface area contributed by atoms with E-state index in [0.717, 1.165) is 29.0 Å². The molecule has 1 aromatic rings. The minimum atomic E-state index is -0.145. The van der Waals surface area contributed by atoms with Crippen molar-refractivity contribution in [2.24, 2.45) is 5.92 Å². The normalized spacial score (nSPS) is 37.4. The first-order valence-corrected chi connectivity index (χ1v) is 9.89.